The Kier molecular flexibility index (Phi) is 3.87. The van der Waals surface area contributed by atoms with Crippen LogP contribution in [0.4, 0.5) is 4.79 Å². The van der Waals surface area contributed by atoms with Gasteiger partial charge in [-0.15, -0.1) is 0 Å². The van der Waals surface area contributed by atoms with Crippen LogP contribution in [0.1, 0.15) is 12.8 Å². The number of hydrogen-bond donors (Lipinski definition) is 1. The van der Waals surface area contributed by atoms with E-state index in [4.69, 9.17) is 11.6 Å². The molecule has 0 aromatic heterocycles. The fourth-order valence-electron chi connectivity index (χ4n) is 2.06. The lowest BCUT2D eigenvalue weighted by atomic mass is 9.93. The molecule has 80 valence electrons. The van der Waals surface area contributed by atoms with E-state index in [1.54, 1.807) is 0 Å². The van der Waals surface area contributed by atoms with Gasteiger partial charge in [-0.1, -0.05) is 21.6 Å². The van der Waals surface area contributed by atoms with Gasteiger partial charge in [-0.2, -0.15) is 0 Å². The summed E-state index contributed by atoms with van der Waals surface area (Å²) >= 11 is 5.34. The highest BCUT2D eigenvalue weighted by atomic mass is 35.5. The molecule has 2 unspecified atom stereocenters. The molecule has 2 heterocycles. The number of rotatable bonds is 1. The lowest BCUT2D eigenvalue weighted by Gasteiger charge is -2.42. The van der Waals surface area contributed by atoms with Crippen molar-refractivity contribution in [3.63, 3.8) is 0 Å². The second-order valence-corrected chi connectivity index (χ2v) is 6.51. The Morgan fingerprint density at radius 3 is 3.00 bits per heavy atom. The zero-order valence-electron chi connectivity index (χ0n) is 7.74. The number of carbonyl (C=O) groups is 1. The van der Waals surface area contributed by atoms with Crippen LogP contribution in [0.5, 0.6) is 0 Å². The van der Waals surface area contributed by atoms with Gasteiger partial charge >= 0.3 is 5.37 Å². The van der Waals surface area contributed by atoms with Crippen LogP contribution >= 0.6 is 33.2 Å². The Balaban J connectivity index is 1.97. The molecule has 1 N–H and O–H groups in total. The number of nitrogens with zero attached hydrogens (tertiary/aromatic N) is 1. The molecular weight excluding hydrogens is 240 g/mol. The van der Waals surface area contributed by atoms with Gasteiger partial charge in [0.1, 0.15) is 0 Å². The second kappa shape index (κ2) is 4.96. The van der Waals surface area contributed by atoms with Gasteiger partial charge in [0.05, 0.1) is 0 Å². The molecule has 2 aliphatic rings. The lowest BCUT2D eigenvalue weighted by Crippen LogP contribution is -2.55. The van der Waals surface area contributed by atoms with Crippen LogP contribution in [0.15, 0.2) is 0 Å². The predicted molar refractivity (Wildman–Crippen MR) is 62.5 cm³/mol. The first-order valence-corrected chi connectivity index (χ1v) is 7.61. The van der Waals surface area contributed by atoms with Gasteiger partial charge in [-0.3, -0.25) is 10.2 Å². The Bertz CT molecular complexity index is 227. The molecule has 0 bridgehead atoms. The highest BCUT2D eigenvalue weighted by molar-refractivity contribution is 8.76. The molecule has 2 atom stereocenters. The van der Waals surface area contributed by atoms with Crippen molar-refractivity contribution >= 4 is 38.6 Å². The molecule has 0 saturated carbocycles. The van der Waals surface area contributed by atoms with Gasteiger partial charge in [0.25, 0.3) is 0 Å². The third-order valence-corrected chi connectivity index (χ3v) is 5.36. The predicted octanol–water partition coefficient (Wildman–Crippen LogP) is 2.33. The average molecular weight is 253 g/mol. The van der Waals surface area contributed by atoms with Crippen LogP contribution in [0.3, 0.4) is 0 Å². The van der Waals surface area contributed by atoms with Crippen LogP contribution in [0.2, 0.25) is 0 Å². The van der Waals surface area contributed by atoms with Gasteiger partial charge in [-0.25, -0.2) is 5.01 Å². The van der Waals surface area contributed by atoms with Crippen molar-refractivity contribution in [2.24, 2.45) is 5.92 Å². The van der Waals surface area contributed by atoms with E-state index >= 15 is 0 Å². The largest absolute Gasteiger partial charge is 0.328 e. The minimum atomic E-state index is -0.464. The van der Waals surface area contributed by atoms with E-state index < -0.39 is 5.37 Å². The van der Waals surface area contributed by atoms with Crippen LogP contribution in [-0.4, -0.2) is 34.5 Å². The van der Waals surface area contributed by atoms with E-state index in [0.29, 0.717) is 6.04 Å². The van der Waals surface area contributed by atoms with E-state index in [-0.39, 0.29) is 0 Å². The number of nitrogens with one attached hydrogen (secondary N) is 1. The summed E-state index contributed by atoms with van der Waals surface area (Å²) in [5.74, 6) is 3.01. The van der Waals surface area contributed by atoms with E-state index in [1.165, 1.54) is 12.2 Å². The molecule has 0 aliphatic carbocycles. The molecule has 2 aliphatic heterocycles. The summed E-state index contributed by atoms with van der Waals surface area (Å²) in [6.45, 7) is 0.935. The maximum absolute atomic E-state index is 10.8. The summed E-state index contributed by atoms with van der Waals surface area (Å²) in [5, 5.41) is 1.56. The summed E-state index contributed by atoms with van der Waals surface area (Å²) in [5.41, 5.74) is 2.72. The van der Waals surface area contributed by atoms with Gasteiger partial charge < -0.3 is 0 Å². The topological polar surface area (TPSA) is 32.3 Å². The molecule has 1 amide bonds. The zero-order valence-corrected chi connectivity index (χ0v) is 10.1. The molecule has 2 saturated heterocycles. The number of piperidine rings is 1. The third-order valence-electron chi connectivity index (χ3n) is 2.75. The lowest BCUT2D eigenvalue weighted by molar-refractivity contribution is 0.0817. The fraction of sp³-hybridized carbons (Fsp3) is 0.875. The summed E-state index contributed by atoms with van der Waals surface area (Å²) in [4.78, 5) is 10.8. The highest BCUT2D eigenvalue weighted by Gasteiger charge is 2.34. The van der Waals surface area contributed by atoms with Gasteiger partial charge in [0, 0.05) is 24.1 Å². The third kappa shape index (κ3) is 2.51. The number of fused-ring (bicyclic) bond motifs is 1. The SMILES string of the molecule is O=C(Cl)NN1CCCC2CSSCC21. The van der Waals surface area contributed by atoms with Crippen LogP contribution in [0.25, 0.3) is 0 Å². The van der Waals surface area contributed by atoms with E-state index in [2.05, 4.69) is 5.43 Å². The van der Waals surface area contributed by atoms with Crippen molar-refractivity contribution in [1.82, 2.24) is 10.4 Å². The number of halogens is 1. The molecule has 0 aromatic rings. The molecule has 0 aromatic carbocycles. The van der Waals surface area contributed by atoms with Crippen molar-refractivity contribution in [1.29, 1.82) is 0 Å². The smallest absolute Gasteiger partial charge is 0.275 e. The normalized spacial score (nSPS) is 33.5. The molecule has 2 rings (SSSR count). The second-order valence-electron chi connectivity index (χ2n) is 3.62. The van der Waals surface area contributed by atoms with Crippen LogP contribution in [0, 0.1) is 5.92 Å². The first-order chi connectivity index (χ1) is 6.77. The molecule has 2 fully saturated rings. The van der Waals surface area contributed by atoms with Crippen molar-refractivity contribution in [2.75, 3.05) is 18.1 Å². The minimum absolute atomic E-state index is 0.464. The van der Waals surface area contributed by atoms with Crippen molar-refractivity contribution in [3.05, 3.63) is 0 Å². The first kappa shape index (κ1) is 10.9. The van der Waals surface area contributed by atoms with Crippen LogP contribution < -0.4 is 5.43 Å². The summed E-state index contributed by atoms with van der Waals surface area (Å²) < 4.78 is 0. The monoisotopic (exact) mass is 252 g/mol. The molecular formula is C8H13ClN2OS2. The van der Waals surface area contributed by atoms with E-state index in [0.717, 1.165) is 24.6 Å². The van der Waals surface area contributed by atoms with Gasteiger partial charge in [0.2, 0.25) is 0 Å². The minimum Gasteiger partial charge on any atom is -0.275 e. The Morgan fingerprint density at radius 2 is 2.21 bits per heavy atom. The van der Waals surface area contributed by atoms with E-state index in [9.17, 15) is 4.79 Å². The fourth-order valence-corrected chi connectivity index (χ4v) is 5.04. The molecule has 3 nitrogen and oxygen atoms in total. The number of hydrazine groups is 1. The van der Waals surface area contributed by atoms with Crippen molar-refractivity contribution in [3.8, 4) is 0 Å². The zero-order chi connectivity index (χ0) is 9.97. The molecule has 0 spiro atoms. The number of hydrogen-bond acceptors (Lipinski definition) is 4. The summed E-state index contributed by atoms with van der Waals surface area (Å²) in [6, 6.07) is 0.484. The summed E-state index contributed by atoms with van der Waals surface area (Å²) in [7, 11) is 3.84. The maximum Gasteiger partial charge on any atom is 0.328 e. The van der Waals surface area contributed by atoms with Gasteiger partial charge in [0.15, 0.2) is 0 Å². The van der Waals surface area contributed by atoms with Crippen molar-refractivity contribution < 1.29 is 4.79 Å². The summed E-state index contributed by atoms with van der Waals surface area (Å²) in [6.07, 6.45) is 2.44. The molecule has 6 heteroatoms. The average Bonchev–Trinajstić information content (AvgIpc) is 2.18. The Morgan fingerprint density at radius 1 is 1.43 bits per heavy atom. The molecule has 0 radical (unpaired) electrons. The first-order valence-electron chi connectivity index (χ1n) is 4.74. The number of carbonyl (C=O) groups excluding carboxylic acids is 1. The highest BCUT2D eigenvalue weighted by Crippen LogP contribution is 2.38. The Labute approximate surface area is 96.7 Å². The maximum atomic E-state index is 10.8. The van der Waals surface area contributed by atoms with Gasteiger partial charge in [-0.05, 0) is 30.4 Å². The van der Waals surface area contributed by atoms with Crippen LogP contribution in [-0.2, 0) is 0 Å². The standard InChI is InChI=1S/C8H13ClN2OS2/c9-8(12)10-11-3-1-2-6-4-13-14-5-7(6)11/h6-7H,1-5H2,(H,10,12). The number of amides is 1. The van der Waals surface area contributed by atoms with E-state index in [1.807, 2.05) is 26.6 Å². The van der Waals surface area contributed by atoms with Crippen molar-refractivity contribution in [2.45, 2.75) is 18.9 Å². The molecule has 14 heavy (non-hydrogen) atoms. The Hall–Kier alpha value is 0.420. The quantitative estimate of drug-likeness (QED) is 0.441.